The number of aryl methyl sites for hydroxylation is 1. The van der Waals surface area contributed by atoms with Gasteiger partial charge in [-0.3, -0.25) is 9.67 Å². The molecular formula is C13H18N4. The van der Waals surface area contributed by atoms with Crippen molar-refractivity contribution in [3.63, 3.8) is 0 Å². The lowest BCUT2D eigenvalue weighted by Crippen LogP contribution is -2.18. The first-order chi connectivity index (χ1) is 8.29. The Morgan fingerprint density at radius 2 is 2.29 bits per heavy atom. The molecule has 17 heavy (non-hydrogen) atoms. The highest BCUT2D eigenvalue weighted by atomic mass is 15.3. The van der Waals surface area contributed by atoms with Gasteiger partial charge in [0.1, 0.15) is 0 Å². The van der Waals surface area contributed by atoms with Gasteiger partial charge in [0.2, 0.25) is 0 Å². The van der Waals surface area contributed by atoms with Crippen molar-refractivity contribution in [2.24, 2.45) is 0 Å². The smallest absolute Gasteiger partial charge is 0.0570 e. The van der Waals surface area contributed by atoms with Gasteiger partial charge in [-0.15, -0.1) is 0 Å². The van der Waals surface area contributed by atoms with E-state index in [0.29, 0.717) is 0 Å². The van der Waals surface area contributed by atoms with Crippen LogP contribution >= 0.6 is 0 Å². The van der Waals surface area contributed by atoms with Crippen molar-refractivity contribution in [2.75, 3.05) is 0 Å². The predicted octanol–water partition coefficient (Wildman–Crippen LogP) is 2.15. The van der Waals surface area contributed by atoms with Gasteiger partial charge in [-0.05, 0) is 26.0 Å². The molecule has 0 amide bonds. The van der Waals surface area contributed by atoms with Gasteiger partial charge in [0.05, 0.1) is 11.9 Å². The Labute approximate surface area is 102 Å². The second-order valence-electron chi connectivity index (χ2n) is 4.06. The zero-order valence-corrected chi connectivity index (χ0v) is 10.3. The number of nitrogens with zero attached hydrogens (tertiary/aromatic N) is 3. The maximum atomic E-state index is 4.33. The maximum absolute atomic E-state index is 4.33. The van der Waals surface area contributed by atoms with Crippen molar-refractivity contribution in [2.45, 2.75) is 33.0 Å². The van der Waals surface area contributed by atoms with E-state index in [9.17, 15) is 0 Å². The maximum Gasteiger partial charge on any atom is 0.0570 e. The van der Waals surface area contributed by atoms with E-state index in [4.69, 9.17) is 0 Å². The number of aromatic nitrogens is 3. The molecule has 0 fully saturated rings. The third kappa shape index (κ3) is 3.14. The van der Waals surface area contributed by atoms with E-state index in [2.05, 4.69) is 35.4 Å². The minimum Gasteiger partial charge on any atom is -0.305 e. The van der Waals surface area contributed by atoms with Crippen molar-refractivity contribution in [3.05, 3.63) is 48.0 Å². The van der Waals surface area contributed by atoms with Crippen LogP contribution in [0.4, 0.5) is 0 Å². The van der Waals surface area contributed by atoms with E-state index in [0.717, 1.165) is 18.8 Å². The van der Waals surface area contributed by atoms with Gasteiger partial charge in [-0.1, -0.05) is 6.07 Å². The van der Waals surface area contributed by atoms with Gasteiger partial charge < -0.3 is 5.32 Å². The van der Waals surface area contributed by atoms with Gasteiger partial charge in [0.25, 0.3) is 0 Å². The third-order valence-electron chi connectivity index (χ3n) is 2.75. The number of nitrogens with one attached hydrogen (secondary N) is 1. The lowest BCUT2D eigenvalue weighted by atomic mass is 10.2. The minimum atomic E-state index is 0.251. The standard InChI is InChI=1S/C13H18N4/c1-3-17-10-12(9-16-17)8-15-11(2)13-6-4-5-7-14-13/h4-7,9-11,15H,3,8H2,1-2H3/t11-/m0/s1. The molecule has 1 N–H and O–H groups in total. The van der Waals surface area contributed by atoms with Crippen LogP contribution in [0.1, 0.15) is 31.1 Å². The zero-order valence-electron chi connectivity index (χ0n) is 10.3. The van der Waals surface area contributed by atoms with Crippen molar-refractivity contribution in [1.82, 2.24) is 20.1 Å². The molecule has 0 aliphatic heterocycles. The summed E-state index contributed by atoms with van der Waals surface area (Å²) in [5.74, 6) is 0. The van der Waals surface area contributed by atoms with Crippen LogP contribution in [0.2, 0.25) is 0 Å². The van der Waals surface area contributed by atoms with Gasteiger partial charge in [-0.2, -0.15) is 5.10 Å². The molecule has 2 rings (SSSR count). The molecule has 0 aliphatic carbocycles. The molecule has 0 aliphatic rings. The highest BCUT2D eigenvalue weighted by Gasteiger charge is 2.05. The van der Waals surface area contributed by atoms with Gasteiger partial charge in [0, 0.05) is 37.1 Å². The Bertz CT molecular complexity index is 449. The lowest BCUT2D eigenvalue weighted by Gasteiger charge is -2.11. The topological polar surface area (TPSA) is 42.7 Å². The fourth-order valence-corrected chi connectivity index (χ4v) is 1.68. The molecule has 0 aromatic carbocycles. The normalized spacial score (nSPS) is 12.6. The Hall–Kier alpha value is -1.68. The molecule has 4 heteroatoms. The lowest BCUT2D eigenvalue weighted by molar-refractivity contribution is 0.561. The SMILES string of the molecule is CCn1cc(CN[C@@H](C)c2ccccn2)cn1. The number of hydrogen-bond acceptors (Lipinski definition) is 3. The van der Waals surface area contributed by atoms with E-state index in [1.165, 1.54) is 5.56 Å². The Morgan fingerprint density at radius 3 is 2.94 bits per heavy atom. The first kappa shape index (κ1) is 11.8. The average molecular weight is 230 g/mol. The van der Waals surface area contributed by atoms with Crippen molar-refractivity contribution >= 4 is 0 Å². The van der Waals surface area contributed by atoms with E-state index < -0.39 is 0 Å². The summed E-state index contributed by atoms with van der Waals surface area (Å²) in [6.45, 7) is 5.93. The molecular weight excluding hydrogens is 212 g/mol. The Kier molecular flexibility index (Phi) is 3.88. The van der Waals surface area contributed by atoms with Crippen LogP contribution in [0, 0.1) is 0 Å². The number of hydrogen-bond donors (Lipinski definition) is 1. The fraction of sp³-hybridized carbons (Fsp3) is 0.385. The van der Waals surface area contributed by atoms with Crippen LogP contribution in [0.25, 0.3) is 0 Å². The van der Waals surface area contributed by atoms with Gasteiger partial charge in [0.15, 0.2) is 0 Å². The summed E-state index contributed by atoms with van der Waals surface area (Å²) in [6.07, 6.45) is 5.79. The quantitative estimate of drug-likeness (QED) is 0.855. The number of pyridine rings is 1. The minimum absolute atomic E-state index is 0.251. The van der Waals surface area contributed by atoms with Crippen LogP contribution in [0.3, 0.4) is 0 Å². The Balaban J connectivity index is 1.90. The molecule has 0 saturated heterocycles. The molecule has 2 heterocycles. The summed E-state index contributed by atoms with van der Waals surface area (Å²) < 4.78 is 1.93. The van der Waals surface area contributed by atoms with Crippen LogP contribution in [0.15, 0.2) is 36.8 Å². The fourth-order valence-electron chi connectivity index (χ4n) is 1.68. The second kappa shape index (κ2) is 5.59. The molecule has 0 saturated carbocycles. The molecule has 1 atom stereocenters. The van der Waals surface area contributed by atoms with Crippen LogP contribution in [-0.4, -0.2) is 14.8 Å². The van der Waals surface area contributed by atoms with E-state index in [-0.39, 0.29) is 6.04 Å². The summed E-state index contributed by atoms with van der Waals surface area (Å²) in [4.78, 5) is 4.33. The molecule has 90 valence electrons. The molecule has 4 nitrogen and oxygen atoms in total. The van der Waals surface area contributed by atoms with E-state index in [1.807, 2.05) is 35.3 Å². The molecule has 2 aromatic rings. The molecule has 0 radical (unpaired) electrons. The Morgan fingerprint density at radius 1 is 1.41 bits per heavy atom. The van der Waals surface area contributed by atoms with Crippen molar-refractivity contribution in [3.8, 4) is 0 Å². The van der Waals surface area contributed by atoms with E-state index in [1.54, 1.807) is 0 Å². The van der Waals surface area contributed by atoms with Gasteiger partial charge >= 0.3 is 0 Å². The highest BCUT2D eigenvalue weighted by Crippen LogP contribution is 2.09. The van der Waals surface area contributed by atoms with Crippen molar-refractivity contribution < 1.29 is 0 Å². The second-order valence-corrected chi connectivity index (χ2v) is 4.06. The molecule has 0 spiro atoms. The summed E-state index contributed by atoms with van der Waals surface area (Å²) in [5, 5.41) is 7.68. The van der Waals surface area contributed by atoms with Gasteiger partial charge in [-0.25, -0.2) is 0 Å². The molecule has 0 unspecified atom stereocenters. The van der Waals surface area contributed by atoms with Crippen LogP contribution in [0.5, 0.6) is 0 Å². The zero-order chi connectivity index (χ0) is 12.1. The number of rotatable bonds is 5. The third-order valence-corrected chi connectivity index (χ3v) is 2.75. The van der Waals surface area contributed by atoms with Crippen LogP contribution < -0.4 is 5.32 Å². The largest absolute Gasteiger partial charge is 0.305 e. The van der Waals surface area contributed by atoms with Crippen molar-refractivity contribution in [1.29, 1.82) is 0 Å². The first-order valence-electron chi connectivity index (χ1n) is 5.95. The van der Waals surface area contributed by atoms with Crippen LogP contribution in [-0.2, 0) is 13.1 Å². The summed E-state index contributed by atoms with van der Waals surface area (Å²) in [5.41, 5.74) is 2.27. The predicted molar refractivity (Wildman–Crippen MR) is 67.4 cm³/mol. The average Bonchev–Trinajstić information content (AvgIpc) is 2.85. The highest BCUT2D eigenvalue weighted by molar-refractivity contribution is 5.09. The first-order valence-corrected chi connectivity index (χ1v) is 5.95. The molecule has 0 bridgehead atoms. The monoisotopic (exact) mass is 230 g/mol. The van der Waals surface area contributed by atoms with E-state index >= 15 is 0 Å². The summed E-state index contributed by atoms with van der Waals surface area (Å²) >= 11 is 0. The molecule has 2 aromatic heterocycles. The summed E-state index contributed by atoms with van der Waals surface area (Å²) in [6, 6.07) is 6.23. The summed E-state index contributed by atoms with van der Waals surface area (Å²) in [7, 11) is 0.